The number of aromatic amines is 1. The topological polar surface area (TPSA) is 88.6 Å². The fourth-order valence-corrected chi connectivity index (χ4v) is 2.82. The van der Waals surface area contributed by atoms with Crippen molar-refractivity contribution in [2.75, 3.05) is 14.2 Å². The lowest BCUT2D eigenvalue weighted by Crippen LogP contribution is -2.20. The summed E-state index contributed by atoms with van der Waals surface area (Å²) in [6.07, 6.45) is 5.56. The van der Waals surface area contributed by atoms with Crippen molar-refractivity contribution in [2.45, 2.75) is 25.7 Å². The van der Waals surface area contributed by atoms with E-state index >= 15 is 0 Å². The van der Waals surface area contributed by atoms with E-state index in [-0.39, 0.29) is 5.91 Å². The Morgan fingerprint density at radius 2 is 2.12 bits per heavy atom. The number of carbonyl (C=O) groups is 1. The van der Waals surface area contributed by atoms with Gasteiger partial charge in [-0.15, -0.1) is 0 Å². The van der Waals surface area contributed by atoms with Gasteiger partial charge in [-0.3, -0.25) is 9.89 Å². The maximum atomic E-state index is 12.3. The van der Waals surface area contributed by atoms with Gasteiger partial charge in [0.1, 0.15) is 11.5 Å². The highest BCUT2D eigenvalue weighted by Crippen LogP contribution is 2.23. The smallest absolute Gasteiger partial charge is 0.292 e. The number of nitrogens with one attached hydrogen (secondary N) is 2. The lowest BCUT2D eigenvalue weighted by Gasteiger charge is -2.10. The Morgan fingerprint density at radius 1 is 1.29 bits per heavy atom. The summed E-state index contributed by atoms with van der Waals surface area (Å²) < 4.78 is 10.5. The number of rotatable bonds is 5. The number of hydrogen-bond acceptors (Lipinski definition) is 5. The molecule has 2 N–H and O–H groups in total. The molecule has 0 saturated heterocycles. The minimum absolute atomic E-state index is 0.312. The first-order chi connectivity index (χ1) is 11.7. The maximum Gasteiger partial charge on any atom is 0.292 e. The summed E-state index contributed by atoms with van der Waals surface area (Å²) in [6.45, 7) is 0. The van der Waals surface area contributed by atoms with Crippen LogP contribution in [0.25, 0.3) is 0 Å². The minimum Gasteiger partial charge on any atom is -0.497 e. The van der Waals surface area contributed by atoms with Gasteiger partial charge in [-0.05, 0) is 43.9 Å². The molecule has 0 saturated carbocycles. The third-order valence-electron chi connectivity index (χ3n) is 4.08. The Balaban J connectivity index is 1.72. The van der Waals surface area contributed by atoms with Crippen molar-refractivity contribution >= 4 is 12.1 Å². The molecule has 0 unspecified atom stereocenters. The molecule has 0 aliphatic heterocycles. The van der Waals surface area contributed by atoms with Crippen LogP contribution in [0, 0.1) is 0 Å². The standard InChI is InChI=1S/C17H20N4O3/c1-23-12-7-8-15(24-2)11(9-12)10-18-21-17(22)16-13-5-3-4-6-14(13)19-20-16/h7-10H,3-6H2,1-2H3,(H,19,20)(H,21,22). The Morgan fingerprint density at radius 3 is 2.92 bits per heavy atom. The number of nitrogens with zero attached hydrogens (tertiary/aromatic N) is 2. The number of fused-ring (bicyclic) bond motifs is 1. The number of methoxy groups -OCH3 is 2. The predicted molar refractivity (Wildman–Crippen MR) is 89.8 cm³/mol. The van der Waals surface area contributed by atoms with E-state index in [1.165, 1.54) is 6.21 Å². The number of amides is 1. The molecule has 1 aliphatic carbocycles. The van der Waals surface area contributed by atoms with E-state index in [1.54, 1.807) is 32.4 Å². The first-order valence-corrected chi connectivity index (χ1v) is 7.84. The van der Waals surface area contributed by atoms with E-state index in [0.29, 0.717) is 22.8 Å². The van der Waals surface area contributed by atoms with Crippen molar-refractivity contribution in [1.29, 1.82) is 0 Å². The van der Waals surface area contributed by atoms with Gasteiger partial charge in [0.15, 0.2) is 5.69 Å². The van der Waals surface area contributed by atoms with Crippen LogP contribution >= 0.6 is 0 Å². The summed E-state index contributed by atoms with van der Waals surface area (Å²) >= 11 is 0. The number of ether oxygens (including phenoxy) is 2. The molecule has 0 bridgehead atoms. The molecule has 1 aromatic heterocycles. The molecule has 24 heavy (non-hydrogen) atoms. The van der Waals surface area contributed by atoms with Crippen LogP contribution in [0.1, 0.15) is 40.2 Å². The molecular formula is C17H20N4O3. The van der Waals surface area contributed by atoms with Crippen LogP contribution < -0.4 is 14.9 Å². The van der Waals surface area contributed by atoms with Crippen LogP contribution in [0.3, 0.4) is 0 Å². The molecule has 1 amide bonds. The van der Waals surface area contributed by atoms with Crippen LogP contribution in [0.2, 0.25) is 0 Å². The van der Waals surface area contributed by atoms with Gasteiger partial charge in [-0.1, -0.05) is 0 Å². The summed E-state index contributed by atoms with van der Waals surface area (Å²) in [4.78, 5) is 12.3. The molecule has 3 rings (SSSR count). The van der Waals surface area contributed by atoms with Crippen molar-refractivity contribution in [3.05, 3.63) is 40.7 Å². The van der Waals surface area contributed by atoms with E-state index in [9.17, 15) is 4.79 Å². The van der Waals surface area contributed by atoms with Crippen molar-refractivity contribution in [2.24, 2.45) is 5.10 Å². The molecule has 1 heterocycles. The number of carbonyl (C=O) groups excluding carboxylic acids is 1. The van der Waals surface area contributed by atoms with Crippen LogP contribution in [-0.4, -0.2) is 36.5 Å². The molecule has 0 spiro atoms. The fraction of sp³-hybridized carbons (Fsp3) is 0.353. The molecule has 2 aromatic rings. The highest BCUT2D eigenvalue weighted by atomic mass is 16.5. The molecule has 0 fully saturated rings. The van der Waals surface area contributed by atoms with E-state index < -0.39 is 0 Å². The number of aryl methyl sites for hydroxylation is 1. The number of benzene rings is 1. The van der Waals surface area contributed by atoms with E-state index in [1.807, 2.05) is 0 Å². The molecule has 7 nitrogen and oxygen atoms in total. The average Bonchev–Trinajstić information content (AvgIpc) is 3.05. The van der Waals surface area contributed by atoms with Gasteiger partial charge in [0.2, 0.25) is 0 Å². The van der Waals surface area contributed by atoms with Gasteiger partial charge in [-0.2, -0.15) is 10.2 Å². The molecule has 126 valence electrons. The summed E-state index contributed by atoms with van der Waals surface area (Å²) in [5, 5.41) is 11.1. The summed E-state index contributed by atoms with van der Waals surface area (Å²) in [7, 11) is 3.17. The Kier molecular flexibility index (Phi) is 4.79. The molecule has 0 radical (unpaired) electrons. The monoisotopic (exact) mass is 328 g/mol. The van der Waals surface area contributed by atoms with Gasteiger partial charge in [0, 0.05) is 16.8 Å². The first-order valence-electron chi connectivity index (χ1n) is 7.84. The quantitative estimate of drug-likeness (QED) is 0.649. The first kappa shape index (κ1) is 16.0. The zero-order valence-corrected chi connectivity index (χ0v) is 13.8. The second-order valence-corrected chi connectivity index (χ2v) is 5.54. The van der Waals surface area contributed by atoms with Gasteiger partial charge in [0.25, 0.3) is 5.91 Å². The lowest BCUT2D eigenvalue weighted by atomic mass is 9.96. The van der Waals surface area contributed by atoms with Crippen LogP contribution in [0.5, 0.6) is 11.5 Å². The zero-order chi connectivity index (χ0) is 16.9. The van der Waals surface area contributed by atoms with E-state index in [0.717, 1.165) is 36.9 Å². The summed E-state index contributed by atoms with van der Waals surface area (Å²) in [6, 6.07) is 5.36. The fourth-order valence-electron chi connectivity index (χ4n) is 2.82. The number of H-pyrrole nitrogens is 1. The SMILES string of the molecule is COc1ccc(OC)c(C=NNC(=O)c2n[nH]c3c2CCCC3)c1. The Labute approximate surface area is 140 Å². The van der Waals surface area contributed by atoms with Gasteiger partial charge in [0.05, 0.1) is 20.4 Å². The Bertz CT molecular complexity index is 767. The molecule has 7 heteroatoms. The third-order valence-corrected chi connectivity index (χ3v) is 4.08. The zero-order valence-electron chi connectivity index (χ0n) is 13.8. The minimum atomic E-state index is -0.312. The predicted octanol–water partition coefficient (Wildman–Crippen LogP) is 2.07. The second-order valence-electron chi connectivity index (χ2n) is 5.54. The van der Waals surface area contributed by atoms with E-state index in [4.69, 9.17) is 9.47 Å². The number of aromatic nitrogens is 2. The van der Waals surface area contributed by atoms with Crippen LogP contribution in [0.4, 0.5) is 0 Å². The van der Waals surface area contributed by atoms with E-state index in [2.05, 4.69) is 20.7 Å². The molecule has 1 aliphatic rings. The van der Waals surface area contributed by atoms with Crippen LogP contribution in [0.15, 0.2) is 23.3 Å². The lowest BCUT2D eigenvalue weighted by molar-refractivity contribution is 0.0949. The van der Waals surface area contributed by atoms with Crippen molar-refractivity contribution < 1.29 is 14.3 Å². The van der Waals surface area contributed by atoms with Gasteiger partial charge < -0.3 is 9.47 Å². The molecular weight excluding hydrogens is 308 g/mol. The van der Waals surface area contributed by atoms with Crippen molar-refractivity contribution in [3.63, 3.8) is 0 Å². The highest BCUT2D eigenvalue weighted by Gasteiger charge is 2.21. The largest absolute Gasteiger partial charge is 0.497 e. The van der Waals surface area contributed by atoms with Crippen LogP contribution in [-0.2, 0) is 12.8 Å². The number of hydrogen-bond donors (Lipinski definition) is 2. The summed E-state index contributed by atoms with van der Waals surface area (Å²) in [5.41, 5.74) is 5.73. The second kappa shape index (κ2) is 7.16. The normalized spacial score (nSPS) is 13.6. The summed E-state index contributed by atoms with van der Waals surface area (Å²) in [5.74, 6) is 1.02. The molecule has 1 aromatic carbocycles. The average molecular weight is 328 g/mol. The third kappa shape index (κ3) is 3.24. The maximum absolute atomic E-state index is 12.3. The Hall–Kier alpha value is -2.83. The van der Waals surface area contributed by atoms with Gasteiger partial charge in [-0.25, -0.2) is 5.43 Å². The number of hydrazone groups is 1. The molecule has 0 atom stereocenters. The highest BCUT2D eigenvalue weighted by molar-refractivity contribution is 5.95. The van der Waals surface area contributed by atoms with Gasteiger partial charge >= 0.3 is 0 Å². The van der Waals surface area contributed by atoms with Crippen molar-refractivity contribution in [3.8, 4) is 11.5 Å². The van der Waals surface area contributed by atoms with Crippen molar-refractivity contribution in [1.82, 2.24) is 15.6 Å².